The van der Waals surface area contributed by atoms with Crippen LogP contribution in [0.2, 0.25) is 0 Å². The van der Waals surface area contributed by atoms with Gasteiger partial charge in [-0.2, -0.15) is 0 Å². The van der Waals surface area contributed by atoms with E-state index < -0.39 is 0 Å². The van der Waals surface area contributed by atoms with Gasteiger partial charge in [0.05, 0.1) is 18.2 Å². The quantitative estimate of drug-likeness (QED) is 0.689. The van der Waals surface area contributed by atoms with Crippen LogP contribution in [0.25, 0.3) is 10.9 Å². The van der Waals surface area contributed by atoms with Gasteiger partial charge in [-0.15, -0.1) is 0 Å². The summed E-state index contributed by atoms with van der Waals surface area (Å²) in [6, 6.07) is 9.43. The average Bonchev–Trinajstić information content (AvgIpc) is 3.53. The molecule has 4 fully saturated rings. The zero-order chi connectivity index (χ0) is 23.5. The van der Waals surface area contributed by atoms with Crippen molar-refractivity contribution in [3.05, 3.63) is 36.0 Å². The number of carbonyl (C=O) groups is 2. The third-order valence-electron chi connectivity index (χ3n) is 8.44. The Bertz CT molecular complexity index is 1130. The minimum absolute atomic E-state index is 0.0254. The fraction of sp³-hybridized carbons (Fsp3) is 0.577. The number of amides is 2. The molecule has 0 bridgehead atoms. The summed E-state index contributed by atoms with van der Waals surface area (Å²) in [6.45, 7) is 6.00. The van der Waals surface area contributed by atoms with Gasteiger partial charge in [-0.3, -0.25) is 14.5 Å². The summed E-state index contributed by atoms with van der Waals surface area (Å²) in [7, 11) is 3.78. The standard InChI is InChI=1S/C26H33N5O3/c1-28-12-14-30(15-13-28)26(9-10-26)24(33)29-17-25(18-29)8-3-11-31(25)23(32)22-6-4-19-16-20(34-2)5-7-21(19)27-22/h4-7,16H,3,8-15,17-18H2,1-2H3. The second-order valence-electron chi connectivity index (χ2n) is 10.5. The van der Waals surface area contributed by atoms with Crippen LogP contribution in [0.3, 0.4) is 0 Å². The van der Waals surface area contributed by atoms with Crippen molar-refractivity contribution in [3.8, 4) is 5.75 Å². The molecule has 0 atom stereocenters. The van der Waals surface area contributed by atoms with E-state index in [1.54, 1.807) is 7.11 Å². The van der Waals surface area contributed by atoms with E-state index in [0.717, 1.165) is 75.1 Å². The lowest BCUT2D eigenvalue weighted by molar-refractivity contribution is -0.151. The van der Waals surface area contributed by atoms with Gasteiger partial charge in [0, 0.05) is 51.2 Å². The van der Waals surface area contributed by atoms with Gasteiger partial charge in [-0.1, -0.05) is 6.07 Å². The first kappa shape index (κ1) is 21.8. The fourth-order valence-electron chi connectivity index (χ4n) is 6.19. The molecule has 4 heterocycles. The number of benzene rings is 1. The number of piperazine rings is 1. The van der Waals surface area contributed by atoms with Crippen LogP contribution in [0.1, 0.15) is 36.2 Å². The van der Waals surface area contributed by atoms with Crippen LogP contribution >= 0.6 is 0 Å². The molecule has 1 saturated carbocycles. The number of carbonyl (C=O) groups excluding carboxylic acids is 2. The highest BCUT2D eigenvalue weighted by molar-refractivity contribution is 5.96. The van der Waals surface area contributed by atoms with Crippen LogP contribution in [-0.4, -0.2) is 107 Å². The van der Waals surface area contributed by atoms with E-state index in [1.807, 2.05) is 40.1 Å². The zero-order valence-electron chi connectivity index (χ0n) is 20.1. The normalized spacial score (nSPS) is 23.8. The average molecular weight is 464 g/mol. The van der Waals surface area contributed by atoms with Crippen molar-refractivity contribution in [1.82, 2.24) is 24.6 Å². The largest absolute Gasteiger partial charge is 0.497 e. The highest BCUT2D eigenvalue weighted by atomic mass is 16.5. The maximum absolute atomic E-state index is 13.5. The van der Waals surface area contributed by atoms with E-state index in [4.69, 9.17) is 4.74 Å². The topological polar surface area (TPSA) is 69.2 Å². The third kappa shape index (κ3) is 3.38. The lowest BCUT2D eigenvalue weighted by Crippen LogP contribution is -2.72. The molecule has 34 heavy (non-hydrogen) atoms. The molecule has 1 aromatic carbocycles. The summed E-state index contributed by atoms with van der Waals surface area (Å²) in [4.78, 5) is 40.4. The fourth-order valence-corrected chi connectivity index (χ4v) is 6.19. The second-order valence-corrected chi connectivity index (χ2v) is 10.5. The Balaban J connectivity index is 1.16. The first-order valence-corrected chi connectivity index (χ1v) is 12.4. The minimum atomic E-state index is -0.280. The number of nitrogens with zero attached hydrogens (tertiary/aromatic N) is 5. The monoisotopic (exact) mass is 463 g/mol. The van der Waals surface area contributed by atoms with Crippen molar-refractivity contribution in [2.45, 2.75) is 36.8 Å². The molecule has 0 radical (unpaired) electrons. The molecule has 1 aromatic heterocycles. The molecule has 8 heteroatoms. The first-order valence-electron chi connectivity index (χ1n) is 12.4. The predicted molar refractivity (Wildman–Crippen MR) is 129 cm³/mol. The Kier molecular flexibility index (Phi) is 5.08. The van der Waals surface area contributed by atoms with E-state index in [2.05, 4.69) is 21.8 Å². The van der Waals surface area contributed by atoms with Crippen molar-refractivity contribution >= 4 is 22.7 Å². The van der Waals surface area contributed by atoms with Gasteiger partial charge < -0.3 is 19.4 Å². The van der Waals surface area contributed by atoms with Crippen molar-refractivity contribution in [1.29, 1.82) is 0 Å². The molecule has 1 aliphatic carbocycles. The van der Waals surface area contributed by atoms with E-state index >= 15 is 0 Å². The minimum Gasteiger partial charge on any atom is -0.497 e. The van der Waals surface area contributed by atoms with Crippen LogP contribution in [-0.2, 0) is 4.79 Å². The summed E-state index contributed by atoms with van der Waals surface area (Å²) in [5.74, 6) is 1.03. The lowest BCUT2D eigenvalue weighted by Gasteiger charge is -2.54. The summed E-state index contributed by atoms with van der Waals surface area (Å²) in [5.41, 5.74) is 0.742. The number of aromatic nitrogens is 1. The molecule has 2 aromatic rings. The highest BCUT2D eigenvalue weighted by Crippen LogP contribution is 2.47. The van der Waals surface area contributed by atoms with Gasteiger partial charge in [-0.25, -0.2) is 4.98 Å². The van der Waals surface area contributed by atoms with Crippen molar-refractivity contribution in [2.75, 3.05) is 60.0 Å². The van der Waals surface area contributed by atoms with Gasteiger partial charge in [0.2, 0.25) is 5.91 Å². The number of hydrogen-bond acceptors (Lipinski definition) is 6. The number of pyridine rings is 1. The molecule has 180 valence electrons. The van der Waals surface area contributed by atoms with E-state index in [1.165, 1.54) is 0 Å². The first-order chi connectivity index (χ1) is 16.4. The second kappa shape index (κ2) is 7.92. The van der Waals surface area contributed by atoms with Crippen molar-refractivity contribution in [2.24, 2.45) is 0 Å². The molecule has 3 saturated heterocycles. The van der Waals surface area contributed by atoms with Crippen LogP contribution in [0.5, 0.6) is 5.75 Å². The Morgan fingerprint density at radius 3 is 2.44 bits per heavy atom. The number of ether oxygens (including phenoxy) is 1. The number of methoxy groups -OCH3 is 1. The Morgan fingerprint density at radius 2 is 1.74 bits per heavy atom. The van der Waals surface area contributed by atoms with Gasteiger partial charge in [0.1, 0.15) is 17.0 Å². The molecule has 4 aliphatic rings. The zero-order valence-corrected chi connectivity index (χ0v) is 20.1. The van der Waals surface area contributed by atoms with Crippen LogP contribution < -0.4 is 4.74 Å². The summed E-state index contributed by atoms with van der Waals surface area (Å²) in [5, 5.41) is 0.950. The van der Waals surface area contributed by atoms with Gasteiger partial charge in [0.25, 0.3) is 5.91 Å². The molecule has 3 aliphatic heterocycles. The summed E-state index contributed by atoms with van der Waals surface area (Å²) < 4.78 is 5.29. The molecule has 6 rings (SSSR count). The predicted octanol–water partition coefficient (Wildman–Crippen LogP) is 1.84. The molecule has 1 spiro atoms. The number of fused-ring (bicyclic) bond motifs is 1. The van der Waals surface area contributed by atoms with E-state index in [0.29, 0.717) is 18.8 Å². The third-order valence-corrected chi connectivity index (χ3v) is 8.44. The molecule has 0 unspecified atom stereocenters. The number of likely N-dealkylation sites (N-methyl/N-ethyl adjacent to an activating group) is 1. The maximum Gasteiger partial charge on any atom is 0.273 e. The van der Waals surface area contributed by atoms with Crippen LogP contribution in [0.4, 0.5) is 0 Å². The number of rotatable bonds is 4. The van der Waals surface area contributed by atoms with Crippen LogP contribution in [0.15, 0.2) is 30.3 Å². The molecule has 8 nitrogen and oxygen atoms in total. The van der Waals surface area contributed by atoms with Gasteiger partial charge >= 0.3 is 0 Å². The molecule has 2 amide bonds. The highest BCUT2D eigenvalue weighted by Gasteiger charge is 2.61. The summed E-state index contributed by atoms with van der Waals surface area (Å²) >= 11 is 0. The Labute approximate surface area is 200 Å². The van der Waals surface area contributed by atoms with Crippen molar-refractivity contribution in [3.63, 3.8) is 0 Å². The number of likely N-dealkylation sites (tertiary alicyclic amines) is 2. The van der Waals surface area contributed by atoms with Gasteiger partial charge in [0.15, 0.2) is 0 Å². The molecular weight excluding hydrogens is 430 g/mol. The lowest BCUT2D eigenvalue weighted by atomic mass is 9.85. The van der Waals surface area contributed by atoms with Crippen LogP contribution in [0, 0.1) is 0 Å². The summed E-state index contributed by atoms with van der Waals surface area (Å²) in [6.07, 6.45) is 3.86. The van der Waals surface area contributed by atoms with Crippen molar-refractivity contribution < 1.29 is 14.3 Å². The smallest absolute Gasteiger partial charge is 0.273 e. The number of hydrogen-bond donors (Lipinski definition) is 0. The Morgan fingerprint density at radius 1 is 0.971 bits per heavy atom. The van der Waals surface area contributed by atoms with E-state index in [9.17, 15) is 9.59 Å². The Hall–Kier alpha value is -2.71. The molecular formula is C26H33N5O3. The van der Waals surface area contributed by atoms with Gasteiger partial charge in [-0.05, 0) is 57.0 Å². The van der Waals surface area contributed by atoms with E-state index in [-0.39, 0.29) is 22.9 Å². The SMILES string of the molecule is COc1ccc2nc(C(=O)N3CCCC34CN(C(=O)C3(N5CCN(C)CC5)CC3)C4)ccc2c1. The molecule has 0 N–H and O–H groups in total. The maximum atomic E-state index is 13.5.